The molecule has 1 aromatic rings. The summed E-state index contributed by atoms with van der Waals surface area (Å²) in [5, 5.41) is 3.56. The quantitative estimate of drug-likeness (QED) is 0.815. The van der Waals surface area contributed by atoms with Crippen LogP contribution in [0.1, 0.15) is 38.2 Å². The predicted molar refractivity (Wildman–Crippen MR) is 69.7 cm³/mol. The highest BCUT2D eigenvalue weighted by Gasteiger charge is 2.25. The minimum Gasteiger partial charge on any atom is -0.385 e. The smallest absolute Gasteiger partial charge is 0.0375 e. The van der Waals surface area contributed by atoms with Crippen LogP contribution in [0, 0.1) is 5.92 Å². The summed E-state index contributed by atoms with van der Waals surface area (Å²) in [6, 6.07) is 9.04. The zero-order valence-electron chi connectivity index (χ0n) is 10.2. The third kappa shape index (κ3) is 2.56. The predicted octanol–water partition coefficient (Wildman–Crippen LogP) is 2.96. The molecule has 2 rings (SSSR count). The van der Waals surface area contributed by atoms with E-state index in [1.165, 1.54) is 24.1 Å². The molecule has 0 unspecified atom stereocenters. The number of hydrogen-bond acceptors (Lipinski definition) is 2. The summed E-state index contributed by atoms with van der Waals surface area (Å²) in [6.45, 7) is 5.54. The van der Waals surface area contributed by atoms with Crippen LogP contribution in [0.3, 0.4) is 0 Å². The zero-order chi connectivity index (χ0) is 11.5. The summed E-state index contributed by atoms with van der Waals surface area (Å²) in [5.41, 5.74) is 8.49. The van der Waals surface area contributed by atoms with Crippen LogP contribution >= 0.6 is 0 Å². The van der Waals surface area contributed by atoms with Gasteiger partial charge in [-0.2, -0.15) is 0 Å². The SMILES string of the molecule is CC(C)c1ccccc1NCC1CC(N)C1. The van der Waals surface area contributed by atoms with Crippen molar-refractivity contribution in [2.45, 2.75) is 38.6 Å². The highest BCUT2D eigenvalue weighted by atomic mass is 14.9. The Morgan fingerprint density at radius 2 is 2.00 bits per heavy atom. The number of hydrogen-bond donors (Lipinski definition) is 2. The van der Waals surface area contributed by atoms with Gasteiger partial charge in [0.15, 0.2) is 0 Å². The van der Waals surface area contributed by atoms with Crippen LogP contribution in [0.15, 0.2) is 24.3 Å². The Morgan fingerprint density at radius 1 is 1.31 bits per heavy atom. The fraction of sp³-hybridized carbons (Fsp3) is 0.571. The number of anilines is 1. The van der Waals surface area contributed by atoms with E-state index in [1.54, 1.807) is 0 Å². The minimum absolute atomic E-state index is 0.451. The fourth-order valence-electron chi connectivity index (χ4n) is 2.37. The fourth-order valence-corrected chi connectivity index (χ4v) is 2.37. The van der Waals surface area contributed by atoms with Crippen molar-refractivity contribution in [2.24, 2.45) is 11.7 Å². The summed E-state index contributed by atoms with van der Waals surface area (Å²) < 4.78 is 0. The lowest BCUT2D eigenvalue weighted by Crippen LogP contribution is -2.39. The second-order valence-corrected chi connectivity index (χ2v) is 5.22. The summed E-state index contributed by atoms with van der Waals surface area (Å²) in [5.74, 6) is 1.35. The lowest BCUT2D eigenvalue weighted by atomic mass is 9.81. The first-order valence-electron chi connectivity index (χ1n) is 6.25. The molecule has 0 atom stereocenters. The minimum atomic E-state index is 0.451. The zero-order valence-corrected chi connectivity index (χ0v) is 10.2. The van der Waals surface area contributed by atoms with E-state index >= 15 is 0 Å². The summed E-state index contributed by atoms with van der Waals surface area (Å²) >= 11 is 0. The number of benzene rings is 1. The van der Waals surface area contributed by atoms with E-state index in [2.05, 4.69) is 43.4 Å². The van der Waals surface area contributed by atoms with Crippen molar-refractivity contribution in [1.29, 1.82) is 0 Å². The van der Waals surface area contributed by atoms with Gasteiger partial charge in [-0.1, -0.05) is 32.0 Å². The Hall–Kier alpha value is -1.02. The summed E-state index contributed by atoms with van der Waals surface area (Å²) in [4.78, 5) is 0. The largest absolute Gasteiger partial charge is 0.385 e. The lowest BCUT2D eigenvalue weighted by molar-refractivity contribution is 0.280. The van der Waals surface area contributed by atoms with E-state index in [-0.39, 0.29) is 0 Å². The molecular weight excluding hydrogens is 196 g/mol. The van der Waals surface area contributed by atoms with Crippen LogP contribution < -0.4 is 11.1 Å². The van der Waals surface area contributed by atoms with E-state index in [1.807, 2.05) is 0 Å². The van der Waals surface area contributed by atoms with E-state index in [9.17, 15) is 0 Å². The molecule has 1 aliphatic carbocycles. The number of nitrogens with one attached hydrogen (secondary N) is 1. The molecule has 1 fully saturated rings. The number of nitrogens with two attached hydrogens (primary N) is 1. The maximum absolute atomic E-state index is 5.79. The third-order valence-electron chi connectivity index (χ3n) is 3.44. The van der Waals surface area contributed by atoms with Gasteiger partial charge in [0.25, 0.3) is 0 Å². The van der Waals surface area contributed by atoms with Gasteiger partial charge >= 0.3 is 0 Å². The molecule has 0 aromatic heterocycles. The molecule has 3 N–H and O–H groups in total. The van der Waals surface area contributed by atoms with Crippen LogP contribution in [0.2, 0.25) is 0 Å². The van der Waals surface area contributed by atoms with E-state index < -0.39 is 0 Å². The molecule has 0 spiro atoms. The van der Waals surface area contributed by atoms with Crippen molar-refractivity contribution in [3.05, 3.63) is 29.8 Å². The Labute approximate surface area is 98.2 Å². The van der Waals surface area contributed by atoms with Gasteiger partial charge < -0.3 is 11.1 Å². The average molecular weight is 218 g/mol. The molecule has 16 heavy (non-hydrogen) atoms. The van der Waals surface area contributed by atoms with Crippen LogP contribution in [0.25, 0.3) is 0 Å². The molecule has 1 aliphatic rings. The van der Waals surface area contributed by atoms with E-state index in [0.29, 0.717) is 12.0 Å². The Balaban J connectivity index is 1.93. The summed E-state index contributed by atoms with van der Waals surface area (Å²) in [6.07, 6.45) is 2.35. The van der Waals surface area contributed by atoms with Crippen molar-refractivity contribution in [2.75, 3.05) is 11.9 Å². The molecule has 0 aliphatic heterocycles. The van der Waals surface area contributed by atoms with Crippen molar-refractivity contribution in [3.63, 3.8) is 0 Å². The van der Waals surface area contributed by atoms with Gasteiger partial charge in [0, 0.05) is 18.3 Å². The lowest BCUT2D eigenvalue weighted by Gasteiger charge is -2.33. The third-order valence-corrected chi connectivity index (χ3v) is 3.44. The van der Waals surface area contributed by atoms with Gasteiger partial charge in [-0.3, -0.25) is 0 Å². The highest BCUT2D eigenvalue weighted by Crippen LogP contribution is 2.28. The molecule has 0 radical (unpaired) electrons. The molecule has 1 aromatic carbocycles. The Morgan fingerprint density at radius 3 is 2.62 bits per heavy atom. The van der Waals surface area contributed by atoms with Gasteiger partial charge in [-0.15, -0.1) is 0 Å². The van der Waals surface area contributed by atoms with Crippen LogP contribution in [0.4, 0.5) is 5.69 Å². The number of rotatable bonds is 4. The Kier molecular flexibility index (Phi) is 3.49. The van der Waals surface area contributed by atoms with E-state index in [4.69, 9.17) is 5.73 Å². The second-order valence-electron chi connectivity index (χ2n) is 5.22. The molecule has 0 bridgehead atoms. The van der Waals surface area contributed by atoms with Crippen LogP contribution in [-0.4, -0.2) is 12.6 Å². The van der Waals surface area contributed by atoms with Gasteiger partial charge in [0.05, 0.1) is 0 Å². The molecule has 88 valence electrons. The van der Waals surface area contributed by atoms with Gasteiger partial charge in [0.1, 0.15) is 0 Å². The molecule has 1 saturated carbocycles. The number of para-hydroxylation sites is 1. The van der Waals surface area contributed by atoms with Crippen molar-refractivity contribution in [3.8, 4) is 0 Å². The first kappa shape index (κ1) is 11.5. The standard InChI is InChI=1S/C14H22N2/c1-10(2)13-5-3-4-6-14(13)16-9-11-7-12(15)8-11/h3-6,10-12,16H,7-9,15H2,1-2H3. The van der Waals surface area contributed by atoms with Crippen molar-refractivity contribution < 1.29 is 0 Å². The normalized spacial score (nSPS) is 24.2. The topological polar surface area (TPSA) is 38.0 Å². The van der Waals surface area contributed by atoms with Crippen molar-refractivity contribution >= 4 is 5.69 Å². The molecule has 2 heteroatoms. The second kappa shape index (κ2) is 4.88. The molecule has 0 heterocycles. The van der Waals surface area contributed by atoms with Gasteiger partial charge in [-0.05, 0) is 36.3 Å². The molecule has 0 saturated heterocycles. The van der Waals surface area contributed by atoms with E-state index in [0.717, 1.165) is 12.5 Å². The highest BCUT2D eigenvalue weighted by molar-refractivity contribution is 5.52. The van der Waals surface area contributed by atoms with Crippen LogP contribution in [0.5, 0.6) is 0 Å². The summed E-state index contributed by atoms with van der Waals surface area (Å²) in [7, 11) is 0. The van der Waals surface area contributed by atoms with Gasteiger partial charge in [-0.25, -0.2) is 0 Å². The average Bonchev–Trinajstić information content (AvgIpc) is 2.23. The van der Waals surface area contributed by atoms with Crippen LogP contribution in [-0.2, 0) is 0 Å². The maximum Gasteiger partial charge on any atom is 0.0375 e. The molecular formula is C14H22N2. The first-order valence-corrected chi connectivity index (χ1v) is 6.25. The van der Waals surface area contributed by atoms with Crippen molar-refractivity contribution in [1.82, 2.24) is 0 Å². The van der Waals surface area contributed by atoms with Gasteiger partial charge in [0.2, 0.25) is 0 Å². The molecule has 0 amide bonds. The molecule has 2 nitrogen and oxygen atoms in total. The maximum atomic E-state index is 5.79. The Bertz CT molecular complexity index is 340. The first-order chi connectivity index (χ1) is 7.66. The monoisotopic (exact) mass is 218 g/mol.